The molecule has 1 aromatic rings. The summed E-state index contributed by atoms with van der Waals surface area (Å²) in [5.41, 5.74) is 0.733. The van der Waals surface area contributed by atoms with Gasteiger partial charge in [0.15, 0.2) is 0 Å². The second-order valence-corrected chi connectivity index (χ2v) is 3.62. The molecule has 0 radical (unpaired) electrons. The summed E-state index contributed by atoms with van der Waals surface area (Å²) in [6.07, 6.45) is 1.58. The van der Waals surface area contributed by atoms with Crippen LogP contribution in [0.4, 0.5) is 4.39 Å². The summed E-state index contributed by atoms with van der Waals surface area (Å²) >= 11 is 3.09. The number of benzene rings is 1. The third kappa shape index (κ3) is 3.83. The molecule has 4 heteroatoms. The van der Waals surface area contributed by atoms with Crippen LogP contribution < -0.4 is 0 Å². The number of ether oxygens (including phenoxy) is 1. The van der Waals surface area contributed by atoms with E-state index in [1.165, 1.54) is 12.1 Å². The smallest absolute Gasteiger partial charge is 0.345 e. The van der Waals surface area contributed by atoms with Gasteiger partial charge < -0.3 is 4.74 Å². The molecule has 1 aromatic carbocycles. The first-order chi connectivity index (χ1) is 7.13. The van der Waals surface area contributed by atoms with Crippen molar-refractivity contribution in [2.45, 2.75) is 6.92 Å². The van der Waals surface area contributed by atoms with E-state index in [9.17, 15) is 9.18 Å². The number of carbonyl (C=O) groups is 1. The maximum atomic E-state index is 12.6. The molecule has 0 aliphatic heterocycles. The highest BCUT2D eigenvalue weighted by Crippen LogP contribution is 2.14. The lowest BCUT2D eigenvalue weighted by Crippen LogP contribution is -2.02. The van der Waals surface area contributed by atoms with Crippen LogP contribution in [0, 0.1) is 5.82 Å². The van der Waals surface area contributed by atoms with E-state index in [0.29, 0.717) is 11.1 Å². The van der Waals surface area contributed by atoms with Crippen molar-refractivity contribution in [3.63, 3.8) is 0 Å². The monoisotopic (exact) mass is 272 g/mol. The molecule has 0 aliphatic carbocycles. The zero-order valence-corrected chi connectivity index (χ0v) is 9.75. The van der Waals surface area contributed by atoms with Crippen molar-refractivity contribution in [2.24, 2.45) is 0 Å². The second-order valence-electron chi connectivity index (χ2n) is 2.76. The van der Waals surface area contributed by atoms with Gasteiger partial charge in [-0.1, -0.05) is 12.1 Å². The lowest BCUT2D eigenvalue weighted by Gasteiger charge is -2.00. The van der Waals surface area contributed by atoms with Crippen LogP contribution in [0.1, 0.15) is 12.5 Å². The van der Waals surface area contributed by atoms with E-state index in [0.717, 1.165) is 5.56 Å². The topological polar surface area (TPSA) is 26.3 Å². The maximum absolute atomic E-state index is 12.6. The minimum Gasteiger partial charge on any atom is -0.462 e. The van der Waals surface area contributed by atoms with Gasteiger partial charge in [0.25, 0.3) is 0 Å². The minimum absolute atomic E-state index is 0.306. The molecule has 80 valence electrons. The SMILES string of the molecule is CCOC(=O)/C(Br)=C/c1ccc(F)cc1. The molecule has 2 nitrogen and oxygen atoms in total. The molecule has 0 saturated carbocycles. The van der Waals surface area contributed by atoms with Crippen LogP contribution in [0.25, 0.3) is 6.08 Å². The molecule has 0 N–H and O–H groups in total. The Hall–Kier alpha value is -1.16. The standard InChI is InChI=1S/C11H10BrFO2/c1-2-15-11(14)10(12)7-8-3-5-9(13)6-4-8/h3-7H,2H2,1H3/b10-7-. The summed E-state index contributed by atoms with van der Waals surface area (Å²) in [4.78, 5) is 11.2. The van der Waals surface area contributed by atoms with E-state index >= 15 is 0 Å². The Morgan fingerprint density at radius 3 is 2.60 bits per heavy atom. The number of hydrogen-bond donors (Lipinski definition) is 0. The van der Waals surface area contributed by atoms with Gasteiger partial charge in [-0.15, -0.1) is 0 Å². The number of carbonyl (C=O) groups excluding carboxylic acids is 1. The number of halogens is 2. The van der Waals surface area contributed by atoms with Gasteiger partial charge in [0, 0.05) is 0 Å². The summed E-state index contributed by atoms with van der Waals surface area (Å²) in [5, 5.41) is 0. The predicted molar refractivity (Wildman–Crippen MR) is 59.9 cm³/mol. The lowest BCUT2D eigenvalue weighted by atomic mass is 10.2. The van der Waals surface area contributed by atoms with Crippen molar-refractivity contribution < 1.29 is 13.9 Å². The van der Waals surface area contributed by atoms with Crippen LogP contribution in [0.5, 0.6) is 0 Å². The molecule has 0 bridgehead atoms. The van der Waals surface area contributed by atoms with E-state index in [4.69, 9.17) is 4.74 Å². The van der Waals surface area contributed by atoms with Crippen molar-refractivity contribution in [1.82, 2.24) is 0 Å². The molecule has 0 spiro atoms. The largest absolute Gasteiger partial charge is 0.462 e. The highest BCUT2D eigenvalue weighted by atomic mass is 79.9. The van der Waals surface area contributed by atoms with Crippen molar-refractivity contribution in [1.29, 1.82) is 0 Å². The Balaban J connectivity index is 2.78. The Morgan fingerprint density at radius 2 is 2.07 bits per heavy atom. The molecule has 0 saturated heterocycles. The van der Waals surface area contributed by atoms with Gasteiger partial charge in [0.05, 0.1) is 6.61 Å². The van der Waals surface area contributed by atoms with Crippen LogP contribution in [0.2, 0.25) is 0 Å². The predicted octanol–water partition coefficient (Wildman–Crippen LogP) is 3.12. The first-order valence-electron chi connectivity index (χ1n) is 4.43. The molecule has 1 rings (SSSR count). The Labute approximate surface area is 95.9 Å². The van der Waals surface area contributed by atoms with Gasteiger partial charge in [-0.3, -0.25) is 0 Å². The fourth-order valence-corrected chi connectivity index (χ4v) is 1.34. The van der Waals surface area contributed by atoms with E-state index in [1.54, 1.807) is 25.1 Å². The summed E-state index contributed by atoms with van der Waals surface area (Å²) in [6, 6.07) is 5.82. The zero-order chi connectivity index (χ0) is 11.3. The second kappa shape index (κ2) is 5.66. The van der Waals surface area contributed by atoms with Crippen molar-refractivity contribution in [3.05, 3.63) is 40.1 Å². The molecule has 15 heavy (non-hydrogen) atoms. The fourth-order valence-electron chi connectivity index (χ4n) is 0.964. The summed E-state index contributed by atoms with van der Waals surface area (Å²) in [6.45, 7) is 2.06. The summed E-state index contributed by atoms with van der Waals surface area (Å²) in [7, 11) is 0. The lowest BCUT2D eigenvalue weighted by molar-refractivity contribution is -0.137. The first kappa shape index (κ1) is 11.9. The molecule has 0 atom stereocenters. The van der Waals surface area contributed by atoms with E-state index in [2.05, 4.69) is 15.9 Å². The molecule has 0 fully saturated rings. The molecule has 0 amide bonds. The van der Waals surface area contributed by atoms with Crippen LogP contribution in [-0.4, -0.2) is 12.6 Å². The van der Waals surface area contributed by atoms with Gasteiger partial charge in [-0.2, -0.15) is 0 Å². The van der Waals surface area contributed by atoms with E-state index in [1.807, 2.05) is 0 Å². The van der Waals surface area contributed by atoms with E-state index < -0.39 is 5.97 Å². The van der Waals surface area contributed by atoms with Gasteiger partial charge in [0.2, 0.25) is 0 Å². The Bertz CT molecular complexity index is 371. The molecule has 0 aliphatic rings. The molecule has 0 unspecified atom stereocenters. The van der Waals surface area contributed by atoms with Crippen molar-refractivity contribution in [2.75, 3.05) is 6.61 Å². The summed E-state index contributed by atoms with van der Waals surface area (Å²) < 4.78 is 17.7. The average molecular weight is 273 g/mol. The quantitative estimate of drug-likeness (QED) is 0.624. The average Bonchev–Trinajstić information content (AvgIpc) is 2.22. The van der Waals surface area contributed by atoms with Crippen LogP contribution in [0.15, 0.2) is 28.7 Å². The molecular weight excluding hydrogens is 263 g/mol. The molecule has 0 heterocycles. The Kier molecular flexibility index (Phi) is 4.49. The van der Waals surface area contributed by atoms with Gasteiger partial charge in [0.1, 0.15) is 10.3 Å². The fraction of sp³-hybridized carbons (Fsp3) is 0.182. The number of rotatable bonds is 3. The first-order valence-corrected chi connectivity index (χ1v) is 5.22. The maximum Gasteiger partial charge on any atom is 0.345 e. The van der Waals surface area contributed by atoms with Crippen LogP contribution in [0.3, 0.4) is 0 Å². The van der Waals surface area contributed by atoms with Crippen molar-refractivity contribution in [3.8, 4) is 0 Å². The summed E-state index contributed by atoms with van der Waals surface area (Å²) in [5.74, 6) is -0.735. The van der Waals surface area contributed by atoms with Gasteiger partial charge >= 0.3 is 5.97 Å². The van der Waals surface area contributed by atoms with Gasteiger partial charge in [-0.05, 0) is 46.6 Å². The van der Waals surface area contributed by atoms with Crippen LogP contribution in [-0.2, 0) is 9.53 Å². The zero-order valence-electron chi connectivity index (χ0n) is 8.17. The normalized spacial score (nSPS) is 11.3. The number of esters is 1. The third-order valence-corrected chi connectivity index (χ3v) is 2.19. The van der Waals surface area contributed by atoms with Gasteiger partial charge in [-0.25, -0.2) is 9.18 Å². The molecular formula is C11H10BrFO2. The number of hydrogen-bond acceptors (Lipinski definition) is 2. The van der Waals surface area contributed by atoms with E-state index in [-0.39, 0.29) is 5.82 Å². The van der Waals surface area contributed by atoms with Crippen LogP contribution >= 0.6 is 15.9 Å². The highest BCUT2D eigenvalue weighted by molar-refractivity contribution is 9.12. The highest BCUT2D eigenvalue weighted by Gasteiger charge is 2.05. The third-order valence-electron chi connectivity index (χ3n) is 1.63. The Morgan fingerprint density at radius 1 is 1.47 bits per heavy atom. The van der Waals surface area contributed by atoms with Crippen molar-refractivity contribution >= 4 is 28.0 Å². The minimum atomic E-state index is -0.429. The molecule has 0 aromatic heterocycles.